The highest BCUT2D eigenvalue weighted by Gasteiger charge is 2.41. The fourth-order valence-electron chi connectivity index (χ4n) is 4.48. The van der Waals surface area contributed by atoms with Gasteiger partial charge in [-0.1, -0.05) is 6.92 Å². The first-order valence-corrected chi connectivity index (χ1v) is 10.3. The van der Waals surface area contributed by atoms with Crippen molar-refractivity contribution in [3.63, 3.8) is 0 Å². The molecule has 3 amide bonds. The van der Waals surface area contributed by atoms with Crippen LogP contribution in [0.1, 0.15) is 48.5 Å². The molecule has 0 bridgehead atoms. The smallest absolute Gasteiger partial charge is 0.255 e. The summed E-state index contributed by atoms with van der Waals surface area (Å²) in [4.78, 5) is 39.7. The molecule has 0 saturated carbocycles. The van der Waals surface area contributed by atoms with Gasteiger partial charge in [0.2, 0.25) is 11.8 Å². The van der Waals surface area contributed by atoms with E-state index in [4.69, 9.17) is 4.74 Å². The molecule has 0 radical (unpaired) electrons. The van der Waals surface area contributed by atoms with Gasteiger partial charge in [0.1, 0.15) is 18.4 Å². The van der Waals surface area contributed by atoms with Gasteiger partial charge in [-0.25, -0.2) is 8.78 Å². The summed E-state index contributed by atoms with van der Waals surface area (Å²) in [6.45, 7) is 3.37. The van der Waals surface area contributed by atoms with Gasteiger partial charge in [0.15, 0.2) is 0 Å². The van der Waals surface area contributed by atoms with Crippen molar-refractivity contribution in [2.75, 3.05) is 19.7 Å². The zero-order valence-electron chi connectivity index (χ0n) is 16.8. The van der Waals surface area contributed by atoms with Crippen molar-refractivity contribution in [3.05, 3.63) is 29.3 Å². The molecule has 162 valence electrons. The number of alkyl halides is 2. The number of nitrogens with one attached hydrogen (secondary N) is 1. The number of carbonyl (C=O) groups is 3. The molecule has 3 aliphatic heterocycles. The van der Waals surface area contributed by atoms with Crippen LogP contribution in [0.2, 0.25) is 0 Å². The van der Waals surface area contributed by atoms with Gasteiger partial charge in [-0.2, -0.15) is 0 Å². The van der Waals surface area contributed by atoms with Crippen molar-refractivity contribution < 1.29 is 27.9 Å². The summed E-state index contributed by atoms with van der Waals surface area (Å²) in [5, 5.41) is 2.28. The van der Waals surface area contributed by atoms with Crippen LogP contribution in [-0.2, 0) is 16.1 Å². The number of imide groups is 1. The second-order valence-corrected chi connectivity index (χ2v) is 8.12. The maximum Gasteiger partial charge on any atom is 0.255 e. The van der Waals surface area contributed by atoms with Gasteiger partial charge in [-0.3, -0.25) is 24.6 Å². The van der Waals surface area contributed by atoms with Crippen molar-refractivity contribution in [1.82, 2.24) is 15.1 Å². The molecular weight excluding hydrogens is 396 g/mol. The first-order valence-electron chi connectivity index (χ1n) is 10.3. The molecule has 0 unspecified atom stereocenters. The SMILES string of the molecule is CCN1CCC(F)(F)C[C@H]1COc1ccc2c(c1)CN([C@H]1CCC(=O)NC1=O)C2=O. The van der Waals surface area contributed by atoms with E-state index in [0.29, 0.717) is 30.8 Å². The Balaban J connectivity index is 1.43. The molecule has 3 aliphatic rings. The van der Waals surface area contributed by atoms with Crippen LogP contribution in [0.5, 0.6) is 5.75 Å². The third-order valence-electron chi connectivity index (χ3n) is 6.16. The minimum Gasteiger partial charge on any atom is -0.492 e. The number of likely N-dealkylation sites (tertiary alicyclic amines) is 1. The Bertz CT molecular complexity index is 876. The van der Waals surface area contributed by atoms with E-state index in [2.05, 4.69) is 5.32 Å². The van der Waals surface area contributed by atoms with Crippen molar-refractivity contribution >= 4 is 17.7 Å². The number of fused-ring (bicyclic) bond motifs is 1. The summed E-state index contributed by atoms with van der Waals surface area (Å²) in [5.41, 5.74) is 1.22. The number of carbonyl (C=O) groups excluding carboxylic acids is 3. The molecule has 0 spiro atoms. The topological polar surface area (TPSA) is 79.0 Å². The van der Waals surface area contributed by atoms with Crippen molar-refractivity contribution in [3.8, 4) is 5.75 Å². The monoisotopic (exact) mass is 421 g/mol. The predicted molar refractivity (Wildman–Crippen MR) is 103 cm³/mol. The summed E-state index contributed by atoms with van der Waals surface area (Å²) in [6, 6.07) is 3.99. The van der Waals surface area contributed by atoms with Crippen molar-refractivity contribution in [2.24, 2.45) is 0 Å². The molecule has 1 aromatic carbocycles. The van der Waals surface area contributed by atoms with Gasteiger partial charge in [0, 0.05) is 44.0 Å². The molecule has 4 rings (SSSR count). The van der Waals surface area contributed by atoms with Crippen LogP contribution >= 0.6 is 0 Å². The van der Waals surface area contributed by atoms with Gasteiger partial charge < -0.3 is 9.64 Å². The number of likely N-dealkylation sites (N-methyl/N-ethyl adjacent to an activating group) is 1. The quantitative estimate of drug-likeness (QED) is 0.736. The van der Waals surface area contributed by atoms with Gasteiger partial charge in [0.05, 0.1) is 0 Å². The number of nitrogens with zero attached hydrogens (tertiary/aromatic N) is 2. The van der Waals surface area contributed by atoms with Gasteiger partial charge in [-0.15, -0.1) is 0 Å². The Kier molecular flexibility index (Phi) is 5.48. The van der Waals surface area contributed by atoms with Gasteiger partial charge in [-0.05, 0) is 36.7 Å². The predicted octanol–water partition coefficient (Wildman–Crippen LogP) is 1.95. The van der Waals surface area contributed by atoms with E-state index in [9.17, 15) is 23.2 Å². The first kappa shape index (κ1) is 20.7. The lowest BCUT2D eigenvalue weighted by atomic mass is 9.99. The molecule has 0 aromatic heterocycles. The minimum absolute atomic E-state index is 0.130. The van der Waals surface area contributed by atoms with Crippen LogP contribution in [0.15, 0.2) is 18.2 Å². The van der Waals surface area contributed by atoms with Gasteiger partial charge in [0.25, 0.3) is 11.8 Å². The van der Waals surface area contributed by atoms with Crippen molar-refractivity contribution in [1.29, 1.82) is 0 Å². The first-order chi connectivity index (χ1) is 14.3. The third-order valence-corrected chi connectivity index (χ3v) is 6.16. The Morgan fingerprint density at radius 3 is 2.80 bits per heavy atom. The van der Waals surface area contributed by atoms with Crippen LogP contribution in [0.3, 0.4) is 0 Å². The van der Waals surface area contributed by atoms with Crippen molar-refractivity contribution in [2.45, 2.75) is 57.2 Å². The second-order valence-electron chi connectivity index (χ2n) is 8.12. The summed E-state index contributed by atoms with van der Waals surface area (Å²) in [6.07, 6.45) is 0.142. The summed E-state index contributed by atoms with van der Waals surface area (Å²) in [7, 11) is 0. The van der Waals surface area contributed by atoms with Gasteiger partial charge >= 0.3 is 0 Å². The Morgan fingerprint density at radius 1 is 1.27 bits per heavy atom. The lowest BCUT2D eigenvalue weighted by Crippen LogP contribution is -2.52. The van der Waals surface area contributed by atoms with E-state index >= 15 is 0 Å². The fraction of sp³-hybridized carbons (Fsp3) is 0.571. The van der Waals surface area contributed by atoms with E-state index in [0.717, 1.165) is 5.56 Å². The lowest BCUT2D eigenvalue weighted by Gasteiger charge is -2.38. The molecule has 1 aromatic rings. The molecular formula is C21H25F2N3O4. The van der Waals surface area contributed by atoms with E-state index < -0.39 is 17.9 Å². The Morgan fingerprint density at radius 2 is 2.07 bits per heavy atom. The number of hydrogen-bond donors (Lipinski definition) is 1. The van der Waals surface area contributed by atoms with E-state index in [1.165, 1.54) is 4.90 Å². The summed E-state index contributed by atoms with van der Waals surface area (Å²) in [5.74, 6) is -3.20. The maximum atomic E-state index is 13.8. The maximum absolute atomic E-state index is 13.8. The molecule has 30 heavy (non-hydrogen) atoms. The highest BCUT2D eigenvalue weighted by atomic mass is 19.3. The number of ether oxygens (including phenoxy) is 1. The lowest BCUT2D eigenvalue weighted by molar-refractivity contribution is -0.136. The molecule has 0 aliphatic carbocycles. The minimum atomic E-state index is -2.67. The molecule has 2 atom stereocenters. The summed E-state index contributed by atoms with van der Waals surface area (Å²) < 4.78 is 33.4. The number of amides is 3. The highest BCUT2D eigenvalue weighted by Crippen LogP contribution is 2.33. The number of rotatable bonds is 5. The van der Waals surface area contributed by atoms with E-state index in [-0.39, 0.29) is 50.3 Å². The number of hydrogen-bond acceptors (Lipinski definition) is 5. The van der Waals surface area contributed by atoms with E-state index in [1.54, 1.807) is 18.2 Å². The highest BCUT2D eigenvalue weighted by molar-refractivity contribution is 6.05. The Labute approximate surface area is 173 Å². The largest absolute Gasteiger partial charge is 0.492 e. The fourth-order valence-corrected chi connectivity index (χ4v) is 4.48. The number of benzene rings is 1. The van der Waals surface area contributed by atoms with Crippen LogP contribution in [0.25, 0.3) is 0 Å². The van der Waals surface area contributed by atoms with Crippen LogP contribution in [0, 0.1) is 0 Å². The van der Waals surface area contributed by atoms with Crippen LogP contribution in [0.4, 0.5) is 8.78 Å². The normalized spacial score (nSPS) is 26.5. The van der Waals surface area contributed by atoms with Crippen LogP contribution < -0.4 is 10.1 Å². The average molecular weight is 421 g/mol. The molecule has 1 N–H and O–H groups in total. The number of halogens is 2. The zero-order valence-corrected chi connectivity index (χ0v) is 16.8. The number of piperidine rings is 2. The van der Waals surface area contributed by atoms with E-state index in [1.807, 2.05) is 11.8 Å². The molecule has 3 heterocycles. The Hall–Kier alpha value is -2.55. The standard InChI is InChI=1S/C21H25F2N3O4/c1-2-25-8-7-21(22,23)10-14(25)12-30-15-3-4-16-13(9-15)11-26(20(16)29)17-5-6-18(27)24-19(17)28/h3-4,9,14,17H,2,5-8,10-12H2,1H3,(H,24,27,28)/t14-,17-/m0/s1. The molecule has 2 saturated heterocycles. The molecule has 2 fully saturated rings. The zero-order chi connectivity index (χ0) is 21.5. The molecule has 9 heteroatoms. The second kappa shape index (κ2) is 7.94. The summed E-state index contributed by atoms with van der Waals surface area (Å²) >= 11 is 0. The third kappa shape index (κ3) is 4.03. The average Bonchev–Trinajstić information content (AvgIpc) is 3.02. The van der Waals surface area contributed by atoms with Crippen LogP contribution in [-0.4, -0.2) is 65.2 Å². The molecule has 7 nitrogen and oxygen atoms in total.